The summed E-state index contributed by atoms with van der Waals surface area (Å²) in [6, 6.07) is 4.81. The van der Waals surface area contributed by atoms with Gasteiger partial charge in [0.1, 0.15) is 5.82 Å². The highest BCUT2D eigenvalue weighted by atomic mass is 15.2. The molecule has 0 radical (unpaired) electrons. The number of hydrogen-bond donors (Lipinski definition) is 1. The molecule has 0 unspecified atom stereocenters. The Morgan fingerprint density at radius 2 is 2.14 bits per heavy atom. The standard InChI is InChI=1S/C16H23N5/c1-13(2)18-9-14-3-4-15(19-10-14)11-20-7-8-21-6-5-17-16(21)12-20/h3-6,10,13,18H,7-9,11-12H2,1-2H3. The van der Waals surface area contributed by atoms with E-state index >= 15 is 0 Å². The molecule has 21 heavy (non-hydrogen) atoms. The van der Waals surface area contributed by atoms with Crippen molar-refractivity contribution in [1.82, 2.24) is 24.8 Å². The van der Waals surface area contributed by atoms with Gasteiger partial charge in [0.25, 0.3) is 0 Å². The van der Waals surface area contributed by atoms with Crippen molar-refractivity contribution in [1.29, 1.82) is 0 Å². The van der Waals surface area contributed by atoms with E-state index in [9.17, 15) is 0 Å². The SMILES string of the molecule is CC(C)NCc1ccc(CN2CCn3ccnc3C2)nc1. The number of hydrogen-bond acceptors (Lipinski definition) is 4. The molecule has 0 atom stereocenters. The number of aromatic nitrogens is 3. The van der Waals surface area contributed by atoms with Crippen LogP contribution in [-0.2, 0) is 26.2 Å². The zero-order chi connectivity index (χ0) is 14.7. The monoisotopic (exact) mass is 285 g/mol. The highest BCUT2D eigenvalue weighted by Crippen LogP contribution is 2.13. The van der Waals surface area contributed by atoms with E-state index in [0.717, 1.165) is 44.2 Å². The third-order valence-electron chi connectivity index (χ3n) is 3.81. The second-order valence-corrected chi connectivity index (χ2v) is 5.94. The smallest absolute Gasteiger partial charge is 0.122 e. The first-order valence-corrected chi connectivity index (χ1v) is 7.60. The fourth-order valence-corrected chi connectivity index (χ4v) is 2.56. The summed E-state index contributed by atoms with van der Waals surface area (Å²) in [4.78, 5) is 11.4. The van der Waals surface area contributed by atoms with Crippen LogP contribution < -0.4 is 5.32 Å². The Balaban J connectivity index is 1.56. The van der Waals surface area contributed by atoms with Gasteiger partial charge in [0.05, 0.1) is 12.2 Å². The summed E-state index contributed by atoms with van der Waals surface area (Å²) in [6.45, 7) is 9.07. The molecule has 0 aliphatic carbocycles. The summed E-state index contributed by atoms with van der Waals surface area (Å²) in [5.41, 5.74) is 2.37. The first-order chi connectivity index (χ1) is 10.2. The molecule has 0 aromatic carbocycles. The first-order valence-electron chi connectivity index (χ1n) is 7.60. The fraction of sp³-hybridized carbons (Fsp3) is 0.500. The van der Waals surface area contributed by atoms with Gasteiger partial charge in [0.15, 0.2) is 0 Å². The number of pyridine rings is 1. The lowest BCUT2D eigenvalue weighted by molar-refractivity contribution is 0.206. The van der Waals surface area contributed by atoms with Crippen molar-refractivity contribution in [3.8, 4) is 0 Å². The molecular formula is C16H23N5. The molecule has 1 aliphatic heterocycles. The van der Waals surface area contributed by atoms with Gasteiger partial charge in [0, 0.05) is 50.8 Å². The van der Waals surface area contributed by atoms with E-state index in [2.05, 4.69) is 56.9 Å². The van der Waals surface area contributed by atoms with Crippen molar-refractivity contribution in [3.63, 3.8) is 0 Å². The molecule has 0 amide bonds. The Morgan fingerprint density at radius 3 is 2.90 bits per heavy atom. The van der Waals surface area contributed by atoms with Crippen LogP contribution in [0.2, 0.25) is 0 Å². The van der Waals surface area contributed by atoms with Crippen LogP contribution in [0, 0.1) is 0 Å². The number of nitrogens with one attached hydrogen (secondary N) is 1. The third kappa shape index (κ3) is 3.68. The van der Waals surface area contributed by atoms with E-state index in [0.29, 0.717) is 6.04 Å². The van der Waals surface area contributed by atoms with Gasteiger partial charge in [-0.2, -0.15) is 0 Å². The van der Waals surface area contributed by atoms with Crippen molar-refractivity contribution in [2.45, 2.75) is 46.1 Å². The molecule has 0 spiro atoms. The maximum Gasteiger partial charge on any atom is 0.122 e. The lowest BCUT2D eigenvalue weighted by Gasteiger charge is -2.27. The minimum atomic E-state index is 0.502. The topological polar surface area (TPSA) is 46.0 Å². The Bertz CT molecular complexity index is 573. The summed E-state index contributed by atoms with van der Waals surface area (Å²) in [5, 5.41) is 3.41. The molecule has 5 nitrogen and oxygen atoms in total. The molecule has 112 valence electrons. The van der Waals surface area contributed by atoms with E-state index in [1.165, 1.54) is 5.56 Å². The van der Waals surface area contributed by atoms with Crippen molar-refractivity contribution in [2.24, 2.45) is 0 Å². The molecule has 0 saturated heterocycles. The van der Waals surface area contributed by atoms with Gasteiger partial charge in [-0.25, -0.2) is 4.98 Å². The van der Waals surface area contributed by atoms with Gasteiger partial charge in [-0.15, -0.1) is 0 Å². The van der Waals surface area contributed by atoms with Crippen molar-refractivity contribution in [2.75, 3.05) is 6.54 Å². The average molecular weight is 285 g/mol. The Morgan fingerprint density at radius 1 is 1.24 bits per heavy atom. The summed E-state index contributed by atoms with van der Waals surface area (Å²) in [7, 11) is 0. The van der Waals surface area contributed by atoms with Gasteiger partial charge in [-0.3, -0.25) is 9.88 Å². The molecular weight excluding hydrogens is 262 g/mol. The highest BCUT2D eigenvalue weighted by molar-refractivity contribution is 5.14. The van der Waals surface area contributed by atoms with Crippen molar-refractivity contribution < 1.29 is 0 Å². The first kappa shape index (κ1) is 14.2. The highest BCUT2D eigenvalue weighted by Gasteiger charge is 2.16. The molecule has 2 aromatic heterocycles. The van der Waals surface area contributed by atoms with Crippen LogP contribution in [0.1, 0.15) is 30.9 Å². The van der Waals surface area contributed by atoms with E-state index in [-0.39, 0.29) is 0 Å². The minimum Gasteiger partial charge on any atom is -0.333 e. The van der Waals surface area contributed by atoms with Crippen LogP contribution in [0.4, 0.5) is 0 Å². The number of imidazole rings is 1. The van der Waals surface area contributed by atoms with E-state index in [4.69, 9.17) is 0 Å². The van der Waals surface area contributed by atoms with Crippen LogP contribution >= 0.6 is 0 Å². The minimum absolute atomic E-state index is 0.502. The third-order valence-corrected chi connectivity index (χ3v) is 3.81. The molecule has 0 bridgehead atoms. The maximum atomic E-state index is 4.59. The van der Waals surface area contributed by atoms with Crippen LogP contribution in [0.5, 0.6) is 0 Å². The summed E-state index contributed by atoms with van der Waals surface area (Å²) >= 11 is 0. The molecule has 5 heteroatoms. The lowest BCUT2D eigenvalue weighted by Crippen LogP contribution is -2.33. The average Bonchev–Trinajstić information content (AvgIpc) is 2.94. The zero-order valence-electron chi connectivity index (χ0n) is 12.8. The van der Waals surface area contributed by atoms with Crippen LogP contribution in [-0.4, -0.2) is 32.0 Å². The van der Waals surface area contributed by atoms with E-state index < -0.39 is 0 Å². The van der Waals surface area contributed by atoms with Crippen LogP contribution in [0.25, 0.3) is 0 Å². The van der Waals surface area contributed by atoms with Crippen molar-refractivity contribution >= 4 is 0 Å². The number of fused-ring (bicyclic) bond motifs is 1. The van der Waals surface area contributed by atoms with Gasteiger partial charge < -0.3 is 9.88 Å². The number of rotatable bonds is 5. The van der Waals surface area contributed by atoms with Gasteiger partial charge >= 0.3 is 0 Å². The summed E-state index contributed by atoms with van der Waals surface area (Å²) < 4.78 is 2.23. The Hall–Kier alpha value is -1.72. The fourth-order valence-electron chi connectivity index (χ4n) is 2.56. The predicted molar refractivity (Wildman–Crippen MR) is 82.6 cm³/mol. The quantitative estimate of drug-likeness (QED) is 0.910. The molecule has 0 saturated carbocycles. The van der Waals surface area contributed by atoms with Gasteiger partial charge in [-0.1, -0.05) is 19.9 Å². The Kier molecular flexibility index (Phi) is 4.31. The molecule has 2 aromatic rings. The predicted octanol–water partition coefficient (Wildman–Crippen LogP) is 1.79. The lowest BCUT2D eigenvalue weighted by atomic mass is 10.2. The normalized spacial score (nSPS) is 15.4. The molecule has 1 aliphatic rings. The van der Waals surface area contributed by atoms with Crippen molar-refractivity contribution in [3.05, 3.63) is 47.8 Å². The Labute approximate surface area is 126 Å². The molecule has 0 fully saturated rings. The van der Waals surface area contributed by atoms with Gasteiger partial charge in [-0.05, 0) is 11.6 Å². The zero-order valence-corrected chi connectivity index (χ0v) is 12.8. The maximum absolute atomic E-state index is 4.59. The van der Waals surface area contributed by atoms with E-state index in [1.807, 2.05) is 12.4 Å². The number of nitrogens with zero attached hydrogens (tertiary/aromatic N) is 4. The summed E-state index contributed by atoms with van der Waals surface area (Å²) in [5.74, 6) is 1.15. The second-order valence-electron chi connectivity index (χ2n) is 5.94. The molecule has 3 heterocycles. The molecule has 3 rings (SSSR count). The van der Waals surface area contributed by atoms with E-state index in [1.54, 1.807) is 0 Å². The molecule has 1 N–H and O–H groups in total. The summed E-state index contributed by atoms with van der Waals surface area (Å²) in [6.07, 6.45) is 5.92. The van der Waals surface area contributed by atoms with Crippen LogP contribution in [0.15, 0.2) is 30.7 Å². The van der Waals surface area contributed by atoms with Gasteiger partial charge in [0.2, 0.25) is 0 Å². The van der Waals surface area contributed by atoms with Crippen LogP contribution in [0.3, 0.4) is 0 Å². The largest absolute Gasteiger partial charge is 0.333 e. The second kappa shape index (κ2) is 6.37.